The average molecular weight is 410 g/mol. The van der Waals surface area contributed by atoms with E-state index in [1.165, 1.54) is 18.2 Å². The number of hydrogen-bond acceptors (Lipinski definition) is 5. The summed E-state index contributed by atoms with van der Waals surface area (Å²) in [6, 6.07) is 11.7. The minimum atomic E-state index is -0.536. The quantitative estimate of drug-likeness (QED) is 0.661. The van der Waals surface area contributed by atoms with Gasteiger partial charge in [-0.05, 0) is 37.3 Å². The molecule has 0 saturated carbocycles. The normalized spacial score (nSPS) is 14.2. The van der Waals surface area contributed by atoms with Gasteiger partial charge in [-0.1, -0.05) is 12.1 Å². The molecule has 2 heterocycles. The maximum absolute atomic E-state index is 13.7. The smallest absolute Gasteiger partial charge is 0.278 e. The van der Waals surface area contributed by atoms with Gasteiger partial charge in [-0.3, -0.25) is 14.3 Å². The van der Waals surface area contributed by atoms with Crippen LogP contribution in [0.3, 0.4) is 0 Å². The van der Waals surface area contributed by atoms with Gasteiger partial charge in [-0.15, -0.1) is 0 Å². The van der Waals surface area contributed by atoms with E-state index in [1.807, 2.05) is 31.2 Å². The van der Waals surface area contributed by atoms with E-state index in [1.54, 1.807) is 16.7 Å². The lowest BCUT2D eigenvalue weighted by Crippen LogP contribution is -2.50. The molecule has 30 heavy (non-hydrogen) atoms. The van der Waals surface area contributed by atoms with Crippen molar-refractivity contribution in [2.75, 3.05) is 38.2 Å². The summed E-state index contributed by atoms with van der Waals surface area (Å²) in [4.78, 5) is 29.8. The number of carbonyl (C=O) groups excluding carboxylic acids is 1. The molecule has 1 aliphatic rings. The highest BCUT2D eigenvalue weighted by atomic mass is 19.1. The van der Waals surface area contributed by atoms with E-state index in [-0.39, 0.29) is 11.1 Å². The zero-order valence-electron chi connectivity index (χ0n) is 17.0. The zero-order chi connectivity index (χ0) is 21.3. The van der Waals surface area contributed by atoms with Gasteiger partial charge in [0.1, 0.15) is 11.6 Å². The molecule has 2 aromatic carbocycles. The van der Waals surface area contributed by atoms with Crippen LogP contribution < -0.4 is 15.1 Å². The highest BCUT2D eigenvalue weighted by Crippen LogP contribution is 2.28. The maximum atomic E-state index is 13.7. The van der Waals surface area contributed by atoms with Crippen LogP contribution in [0.25, 0.3) is 10.9 Å². The number of methoxy groups -OCH3 is 1. The molecule has 0 aliphatic carbocycles. The number of amides is 1. The Morgan fingerprint density at radius 3 is 2.57 bits per heavy atom. The standard InChI is InChI=1S/C22H23FN4O3/c1-3-27-17-9-8-15(23)14-16(17)21(28)20(24-27)22(29)26-12-10-25(11-13-26)18-6-4-5-7-19(18)30-2/h4-9,14H,3,10-13H2,1-2H3. The number of nitrogens with zero attached hydrogens (tertiary/aromatic N) is 4. The molecule has 1 amide bonds. The molecule has 0 spiro atoms. The molecular weight excluding hydrogens is 387 g/mol. The molecule has 0 bridgehead atoms. The van der Waals surface area contributed by atoms with Gasteiger partial charge in [0.15, 0.2) is 5.69 Å². The van der Waals surface area contributed by atoms with E-state index in [0.717, 1.165) is 11.4 Å². The number of benzene rings is 2. The highest BCUT2D eigenvalue weighted by molar-refractivity contribution is 5.95. The van der Waals surface area contributed by atoms with Crippen molar-refractivity contribution < 1.29 is 13.9 Å². The van der Waals surface area contributed by atoms with Crippen LogP contribution in [0.15, 0.2) is 47.3 Å². The molecule has 8 heteroatoms. The van der Waals surface area contributed by atoms with Crippen LogP contribution in [0.4, 0.5) is 10.1 Å². The van der Waals surface area contributed by atoms with E-state index in [2.05, 4.69) is 10.00 Å². The van der Waals surface area contributed by atoms with E-state index in [9.17, 15) is 14.0 Å². The lowest BCUT2D eigenvalue weighted by Gasteiger charge is -2.36. The fraction of sp³-hybridized carbons (Fsp3) is 0.318. The average Bonchev–Trinajstić information content (AvgIpc) is 2.79. The van der Waals surface area contributed by atoms with Crippen LogP contribution >= 0.6 is 0 Å². The fourth-order valence-corrected chi connectivity index (χ4v) is 3.83. The first-order valence-electron chi connectivity index (χ1n) is 9.91. The lowest BCUT2D eigenvalue weighted by atomic mass is 10.1. The van der Waals surface area contributed by atoms with Crippen molar-refractivity contribution in [2.24, 2.45) is 0 Å². The summed E-state index contributed by atoms with van der Waals surface area (Å²) in [7, 11) is 1.63. The summed E-state index contributed by atoms with van der Waals surface area (Å²) in [5, 5.41) is 4.45. The van der Waals surface area contributed by atoms with Gasteiger partial charge in [-0.2, -0.15) is 5.10 Å². The predicted octanol–water partition coefficient (Wildman–Crippen LogP) is 2.53. The fourth-order valence-electron chi connectivity index (χ4n) is 3.83. The molecular formula is C22H23FN4O3. The molecule has 1 aromatic heterocycles. The third-order valence-electron chi connectivity index (χ3n) is 5.41. The summed E-state index contributed by atoms with van der Waals surface area (Å²) in [5.41, 5.74) is 0.785. The lowest BCUT2D eigenvalue weighted by molar-refractivity contribution is 0.0737. The number of rotatable bonds is 4. The topological polar surface area (TPSA) is 67.7 Å². The number of aromatic nitrogens is 2. The number of para-hydroxylation sites is 2. The first kappa shape index (κ1) is 19.9. The summed E-state index contributed by atoms with van der Waals surface area (Å²) in [5.74, 6) is -0.161. The van der Waals surface area contributed by atoms with Gasteiger partial charge in [0.2, 0.25) is 5.43 Å². The molecule has 7 nitrogen and oxygen atoms in total. The van der Waals surface area contributed by atoms with Gasteiger partial charge in [0.05, 0.1) is 23.7 Å². The summed E-state index contributed by atoms with van der Waals surface area (Å²) in [6.45, 7) is 4.44. The third-order valence-corrected chi connectivity index (χ3v) is 5.41. The zero-order valence-corrected chi connectivity index (χ0v) is 17.0. The second-order valence-corrected chi connectivity index (χ2v) is 7.11. The Kier molecular flexibility index (Phi) is 5.39. The van der Waals surface area contributed by atoms with Crippen LogP contribution in [-0.2, 0) is 6.54 Å². The molecule has 1 fully saturated rings. The van der Waals surface area contributed by atoms with E-state index >= 15 is 0 Å². The Morgan fingerprint density at radius 2 is 1.87 bits per heavy atom. The monoisotopic (exact) mass is 410 g/mol. The van der Waals surface area contributed by atoms with Crippen molar-refractivity contribution >= 4 is 22.5 Å². The van der Waals surface area contributed by atoms with Crippen molar-refractivity contribution in [3.63, 3.8) is 0 Å². The Morgan fingerprint density at radius 1 is 1.13 bits per heavy atom. The third kappa shape index (κ3) is 3.49. The predicted molar refractivity (Wildman–Crippen MR) is 113 cm³/mol. The van der Waals surface area contributed by atoms with Gasteiger partial charge < -0.3 is 14.5 Å². The van der Waals surface area contributed by atoms with Crippen molar-refractivity contribution in [1.29, 1.82) is 0 Å². The van der Waals surface area contributed by atoms with Gasteiger partial charge in [0, 0.05) is 32.7 Å². The molecule has 1 saturated heterocycles. The molecule has 156 valence electrons. The number of ether oxygens (including phenoxy) is 1. The largest absolute Gasteiger partial charge is 0.495 e. The summed E-state index contributed by atoms with van der Waals surface area (Å²) < 4.78 is 20.7. The SMILES string of the molecule is CCn1nc(C(=O)N2CCN(c3ccccc3OC)CC2)c(=O)c2cc(F)ccc21. The van der Waals surface area contributed by atoms with Crippen LogP contribution in [0.1, 0.15) is 17.4 Å². The Labute approximate surface area is 173 Å². The Balaban J connectivity index is 1.60. The number of hydrogen-bond donors (Lipinski definition) is 0. The van der Waals surface area contributed by atoms with E-state index in [4.69, 9.17) is 4.74 Å². The van der Waals surface area contributed by atoms with Gasteiger partial charge in [-0.25, -0.2) is 4.39 Å². The molecule has 0 N–H and O–H groups in total. The van der Waals surface area contributed by atoms with Crippen molar-refractivity contribution in [2.45, 2.75) is 13.5 Å². The van der Waals surface area contributed by atoms with Crippen LogP contribution in [0.2, 0.25) is 0 Å². The second-order valence-electron chi connectivity index (χ2n) is 7.11. The van der Waals surface area contributed by atoms with E-state index in [0.29, 0.717) is 38.2 Å². The highest BCUT2D eigenvalue weighted by Gasteiger charge is 2.27. The van der Waals surface area contributed by atoms with Crippen molar-refractivity contribution in [3.05, 3.63) is 64.2 Å². The molecule has 0 atom stereocenters. The van der Waals surface area contributed by atoms with Gasteiger partial charge >= 0.3 is 0 Å². The first-order chi connectivity index (χ1) is 14.5. The first-order valence-corrected chi connectivity index (χ1v) is 9.91. The molecule has 4 rings (SSSR count). The number of piperazine rings is 1. The molecule has 0 unspecified atom stereocenters. The minimum Gasteiger partial charge on any atom is -0.495 e. The van der Waals surface area contributed by atoms with Crippen molar-refractivity contribution in [3.8, 4) is 5.75 Å². The van der Waals surface area contributed by atoms with Crippen LogP contribution in [0, 0.1) is 5.82 Å². The number of anilines is 1. The van der Waals surface area contributed by atoms with Crippen LogP contribution in [0.5, 0.6) is 5.75 Å². The summed E-state index contributed by atoms with van der Waals surface area (Å²) in [6.07, 6.45) is 0. The Bertz CT molecular complexity index is 1150. The molecule has 1 aliphatic heterocycles. The molecule has 0 radical (unpaired) electrons. The molecule has 3 aromatic rings. The maximum Gasteiger partial charge on any atom is 0.278 e. The number of halogens is 1. The minimum absolute atomic E-state index is 0.166. The second kappa shape index (κ2) is 8.14. The number of carbonyl (C=O) groups is 1. The van der Waals surface area contributed by atoms with E-state index < -0.39 is 17.2 Å². The Hall–Kier alpha value is -3.42. The van der Waals surface area contributed by atoms with Crippen molar-refractivity contribution in [1.82, 2.24) is 14.7 Å². The van der Waals surface area contributed by atoms with Crippen LogP contribution in [-0.4, -0.2) is 53.9 Å². The summed E-state index contributed by atoms with van der Waals surface area (Å²) >= 11 is 0. The number of fused-ring (bicyclic) bond motifs is 1. The number of aryl methyl sites for hydroxylation is 1. The van der Waals surface area contributed by atoms with Gasteiger partial charge in [0.25, 0.3) is 5.91 Å².